The summed E-state index contributed by atoms with van der Waals surface area (Å²) in [7, 11) is 0. The minimum Gasteiger partial charge on any atom is -0.481 e. The van der Waals surface area contributed by atoms with Crippen molar-refractivity contribution in [2.75, 3.05) is 26.3 Å². The Morgan fingerprint density at radius 3 is 2.42 bits per heavy atom. The van der Waals surface area contributed by atoms with Crippen molar-refractivity contribution in [2.45, 2.75) is 31.7 Å². The van der Waals surface area contributed by atoms with E-state index in [0.29, 0.717) is 44.9 Å². The van der Waals surface area contributed by atoms with Crippen LogP contribution in [0.25, 0.3) is 22.3 Å². The molecule has 7 heteroatoms. The number of likely N-dealkylation sites (tertiary alicyclic amines) is 1. The van der Waals surface area contributed by atoms with Crippen LogP contribution in [0, 0.1) is 0 Å². The summed E-state index contributed by atoms with van der Waals surface area (Å²) in [5.41, 5.74) is 3.47. The second-order valence-corrected chi connectivity index (χ2v) is 7.96. The molecular formula is C24H25N3O4. The van der Waals surface area contributed by atoms with E-state index < -0.39 is 11.9 Å². The van der Waals surface area contributed by atoms with Crippen molar-refractivity contribution in [3.8, 4) is 17.0 Å². The fourth-order valence-electron chi connectivity index (χ4n) is 4.17. The first kappa shape index (κ1) is 19.9. The zero-order valence-electron chi connectivity index (χ0n) is 17.5. The van der Waals surface area contributed by atoms with Crippen LogP contribution in [0.4, 0.5) is 0 Å². The Labute approximate surface area is 181 Å². The number of benzene rings is 2. The molecule has 160 valence electrons. The van der Waals surface area contributed by atoms with Crippen molar-refractivity contribution in [3.63, 3.8) is 0 Å². The molecule has 0 radical (unpaired) electrons. The van der Waals surface area contributed by atoms with Gasteiger partial charge in [0.05, 0.1) is 36.1 Å². The highest BCUT2D eigenvalue weighted by Gasteiger charge is 2.41. The van der Waals surface area contributed by atoms with Crippen LogP contribution < -0.4 is 4.74 Å². The third kappa shape index (κ3) is 4.11. The van der Waals surface area contributed by atoms with Gasteiger partial charge in [-0.3, -0.25) is 9.78 Å². The van der Waals surface area contributed by atoms with Crippen LogP contribution in [0.1, 0.15) is 19.8 Å². The quantitative estimate of drug-likeness (QED) is 0.645. The average Bonchev–Trinajstić information content (AvgIpc) is 3.27. The number of rotatable bonds is 4. The first-order valence-corrected chi connectivity index (χ1v) is 10.7. The molecule has 0 bridgehead atoms. The molecule has 3 heterocycles. The number of carbonyl (C=O) groups is 1. The van der Waals surface area contributed by atoms with Crippen molar-refractivity contribution < 1.29 is 19.0 Å². The molecular weight excluding hydrogens is 394 g/mol. The molecule has 0 aliphatic carbocycles. The number of fused-ring (bicyclic) bond motifs is 1. The van der Waals surface area contributed by atoms with Gasteiger partial charge in [0, 0.05) is 31.5 Å². The molecule has 1 amide bonds. The Balaban J connectivity index is 1.21. The summed E-state index contributed by atoms with van der Waals surface area (Å²) in [5.74, 6) is 0.147. The predicted molar refractivity (Wildman–Crippen MR) is 116 cm³/mol. The first-order valence-electron chi connectivity index (χ1n) is 10.7. The maximum absolute atomic E-state index is 12.8. The number of ether oxygens (including phenoxy) is 3. The normalized spacial score (nSPS) is 18.9. The van der Waals surface area contributed by atoms with Crippen LogP contribution in [-0.4, -0.2) is 59.0 Å². The third-order valence-corrected chi connectivity index (χ3v) is 5.91. The van der Waals surface area contributed by atoms with Crippen molar-refractivity contribution in [3.05, 3.63) is 54.7 Å². The van der Waals surface area contributed by atoms with Gasteiger partial charge in [0.1, 0.15) is 5.75 Å². The summed E-state index contributed by atoms with van der Waals surface area (Å²) < 4.78 is 17.4. The second-order valence-electron chi connectivity index (χ2n) is 7.96. The standard InChI is InChI=1S/C24H25N3O4/c1-17(23(28)27-12-10-24(11-13-27)29-14-15-30-24)31-19-8-6-18(7-9-19)22-16-25-20-4-2-3-5-21(20)26-22/h2-9,16-17H,10-15H2,1H3/t17-/m1/s1. The van der Waals surface area contributed by atoms with Gasteiger partial charge in [-0.2, -0.15) is 0 Å². The Bertz CT molecular complexity index is 1070. The van der Waals surface area contributed by atoms with Gasteiger partial charge in [0.15, 0.2) is 11.9 Å². The first-order chi connectivity index (χ1) is 15.1. The summed E-state index contributed by atoms with van der Waals surface area (Å²) in [6.45, 7) is 4.29. The number of hydrogen-bond acceptors (Lipinski definition) is 6. The van der Waals surface area contributed by atoms with Crippen LogP contribution in [0.5, 0.6) is 5.75 Å². The maximum Gasteiger partial charge on any atom is 0.263 e. The van der Waals surface area contributed by atoms with Gasteiger partial charge in [-0.15, -0.1) is 0 Å². The molecule has 2 aromatic carbocycles. The van der Waals surface area contributed by atoms with Gasteiger partial charge < -0.3 is 19.1 Å². The van der Waals surface area contributed by atoms with Gasteiger partial charge in [0.25, 0.3) is 5.91 Å². The van der Waals surface area contributed by atoms with Crippen molar-refractivity contribution in [1.82, 2.24) is 14.9 Å². The van der Waals surface area contributed by atoms with Crippen LogP contribution in [0.15, 0.2) is 54.7 Å². The van der Waals surface area contributed by atoms with E-state index in [1.807, 2.05) is 53.4 Å². The summed E-state index contributed by atoms with van der Waals surface area (Å²) >= 11 is 0. The maximum atomic E-state index is 12.8. The topological polar surface area (TPSA) is 73.8 Å². The molecule has 31 heavy (non-hydrogen) atoms. The molecule has 2 aliphatic heterocycles. The van der Waals surface area contributed by atoms with Gasteiger partial charge in [0.2, 0.25) is 0 Å². The fourth-order valence-corrected chi connectivity index (χ4v) is 4.17. The molecule has 0 saturated carbocycles. The average molecular weight is 419 g/mol. The van der Waals surface area contributed by atoms with E-state index in [1.54, 1.807) is 13.1 Å². The summed E-state index contributed by atoms with van der Waals surface area (Å²) in [5, 5.41) is 0. The van der Waals surface area contributed by atoms with E-state index in [2.05, 4.69) is 9.97 Å². The fraction of sp³-hybridized carbons (Fsp3) is 0.375. The van der Waals surface area contributed by atoms with Crippen molar-refractivity contribution in [1.29, 1.82) is 0 Å². The van der Waals surface area contributed by atoms with Crippen molar-refractivity contribution >= 4 is 16.9 Å². The number of para-hydroxylation sites is 2. The lowest BCUT2D eigenvalue weighted by molar-refractivity contribution is -0.188. The smallest absolute Gasteiger partial charge is 0.263 e. The summed E-state index contributed by atoms with van der Waals surface area (Å²) in [6, 6.07) is 15.4. The number of aromatic nitrogens is 2. The van der Waals surface area contributed by atoms with Gasteiger partial charge in [-0.05, 0) is 43.3 Å². The number of piperidine rings is 1. The zero-order valence-corrected chi connectivity index (χ0v) is 17.5. The lowest BCUT2D eigenvalue weighted by Crippen LogP contribution is -2.50. The van der Waals surface area contributed by atoms with Crippen LogP contribution in [-0.2, 0) is 14.3 Å². The number of hydrogen-bond donors (Lipinski definition) is 0. The molecule has 5 rings (SSSR count). The molecule has 7 nitrogen and oxygen atoms in total. The molecule has 1 atom stereocenters. The zero-order chi connectivity index (χ0) is 21.3. The molecule has 2 aliphatic rings. The van der Waals surface area contributed by atoms with E-state index in [9.17, 15) is 4.79 Å². The van der Waals surface area contributed by atoms with Gasteiger partial charge >= 0.3 is 0 Å². The Morgan fingerprint density at radius 1 is 1.03 bits per heavy atom. The van der Waals surface area contributed by atoms with Gasteiger partial charge in [-0.25, -0.2) is 4.98 Å². The Hall–Kier alpha value is -3.03. The molecule has 0 unspecified atom stereocenters. The third-order valence-electron chi connectivity index (χ3n) is 5.91. The van der Waals surface area contributed by atoms with E-state index in [1.165, 1.54) is 0 Å². The minimum absolute atomic E-state index is 0.0164. The number of carbonyl (C=O) groups excluding carboxylic acids is 1. The largest absolute Gasteiger partial charge is 0.481 e. The summed E-state index contributed by atoms with van der Waals surface area (Å²) in [4.78, 5) is 23.8. The molecule has 2 fully saturated rings. The molecule has 1 spiro atoms. The highest BCUT2D eigenvalue weighted by Crippen LogP contribution is 2.31. The number of nitrogens with zero attached hydrogens (tertiary/aromatic N) is 3. The predicted octanol–water partition coefficient (Wildman–Crippen LogP) is 3.43. The SMILES string of the molecule is C[C@@H](Oc1ccc(-c2cnc3ccccc3n2)cc1)C(=O)N1CCC2(CC1)OCCO2. The van der Waals surface area contributed by atoms with E-state index >= 15 is 0 Å². The summed E-state index contributed by atoms with van der Waals surface area (Å²) in [6.07, 6.45) is 2.61. The van der Waals surface area contributed by atoms with Crippen LogP contribution >= 0.6 is 0 Å². The van der Waals surface area contributed by atoms with Crippen LogP contribution in [0.3, 0.4) is 0 Å². The van der Waals surface area contributed by atoms with Crippen molar-refractivity contribution in [2.24, 2.45) is 0 Å². The molecule has 0 N–H and O–H groups in total. The van der Waals surface area contributed by atoms with Crippen LogP contribution in [0.2, 0.25) is 0 Å². The lowest BCUT2D eigenvalue weighted by atomic mass is 10.0. The highest BCUT2D eigenvalue weighted by atomic mass is 16.7. The highest BCUT2D eigenvalue weighted by molar-refractivity contribution is 5.81. The minimum atomic E-state index is -0.564. The number of amides is 1. The Kier molecular flexibility index (Phi) is 5.29. The monoisotopic (exact) mass is 419 g/mol. The van der Waals surface area contributed by atoms with E-state index in [0.717, 1.165) is 22.3 Å². The molecule has 3 aromatic rings. The Morgan fingerprint density at radius 2 is 1.71 bits per heavy atom. The lowest BCUT2D eigenvalue weighted by Gasteiger charge is -2.38. The van der Waals surface area contributed by atoms with Gasteiger partial charge in [-0.1, -0.05) is 12.1 Å². The van der Waals surface area contributed by atoms with E-state index in [-0.39, 0.29) is 5.91 Å². The second kappa shape index (κ2) is 8.24. The molecule has 2 saturated heterocycles. The van der Waals surface area contributed by atoms with E-state index in [4.69, 9.17) is 14.2 Å². The molecule has 1 aromatic heterocycles.